The van der Waals surface area contributed by atoms with Gasteiger partial charge in [0, 0.05) is 30.1 Å². The van der Waals surface area contributed by atoms with Crippen LogP contribution in [0.4, 0.5) is 0 Å². The lowest BCUT2D eigenvalue weighted by molar-refractivity contribution is 0.199. The zero-order chi connectivity index (χ0) is 14.4. The summed E-state index contributed by atoms with van der Waals surface area (Å²) in [5.41, 5.74) is 1.20. The maximum Gasteiger partial charge on any atom is 0.179 e. The summed E-state index contributed by atoms with van der Waals surface area (Å²) < 4.78 is 5.96. The molecule has 2 aromatic rings. The fourth-order valence-corrected chi connectivity index (χ4v) is 3.76. The van der Waals surface area contributed by atoms with Gasteiger partial charge in [0.1, 0.15) is 5.01 Å². The number of methoxy groups -OCH3 is 1. The Balaban J connectivity index is 2.07. The van der Waals surface area contributed by atoms with Crippen LogP contribution in [0.2, 0.25) is 5.02 Å². The van der Waals surface area contributed by atoms with Gasteiger partial charge in [0.05, 0.1) is 6.61 Å². The van der Waals surface area contributed by atoms with Gasteiger partial charge in [0.15, 0.2) is 4.34 Å². The number of benzene rings is 1. The van der Waals surface area contributed by atoms with E-state index in [1.165, 1.54) is 5.56 Å². The van der Waals surface area contributed by atoms with Crippen molar-refractivity contribution in [2.45, 2.75) is 22.7 Å². The first-order valence-corrected chi connectivity index (χ1v) is 8.16. The average molecular weight is 330 g/mol. The van der Waals surface area contributed by atoms with Crippen LogP contribution in [0.1, 0.15) is 10.6 Å². The van der Waals surface area contributed by atoms with E-state index in [9.17, 15) is 0 Å². The van der Waals surface area contributed by atoms with Crippen molar-refractivity contribution in [1.82, 2.24) is 15.5 Å². The minimum Gasteiger partial charge on any atom is -0.383 e. The molecule has 20 heavy (non-hydrogen) atoms. The molecule has 1 N–H and O–H groups in total. The fourth-order valence-electron chi connectivity index (χ4n) is 1.58. The van der Waals surface area contributed by atoms with Gasteiger partial charge in [-0.05, 0) is 24.6 Å². The van der Waals surface area contributed by atoms with Crippen LogP contribution < -0.4 is 5.32 Å². The van der Waals surface area contributed by atoms with Crippen LogP contribution in [-0.2, 0) is 11.3 Å². The maximum atomic E-state index is 6.09. The minimum atomic E-state index is 0.700. The van der Waals surface area contributed by atoms with Crippen LogP contribution in [-0.4, -0.2) is 30.5 Å². The number of nitrogens with zero attached hydrogens (tertiary/aromatic N) is 2. The number of hydrogen-bond acceptors (Lipinski definition) is 6. The van der Waals surface area contributed by atoms with E-state index in [0.717, 1.165) is 32.4 Å². The molecule has 0 aliphatic rings. The van der Waals surface area contributed by atoms with E-state index in [1.807, 2.05) is 25.1 Å². The number of aryl methyl sites for hydroxylation is 1. The molecule has 1 aromatic carbocycles. The summed E-state index contributed by atoms with van der Waals surface area (Å²) in [4.78, 5) is 1.11. The number of ether oxygens (including phenoxy) is 1. The first-order valence-electron chi connectivity index (χ1n) is 6.15. The van der Waals surface area contributed by atoms with Gasteiger partial charge in [-0.1, -0.05) is 40.8 Å². The van der Waals surface area contributed by atoms with Crippen LogP contribution in [0.5, 0.6) is 0 Å². The summed E-state index contributed by atoms with van der Waals surface area (Å²) in [6, 6.07) is 5.92. The Morgan fingerprint density at radius 3 is 2.95 bits per heavy atom. The lowest BCUT2D eigenvalue weighted by Crippen LogP contribution is -2.18. The topological polar surface area (TPSA) is 47.0 Å². The second-order valence-electron chi connectivity index (χ2n) is 4.11. The van der Waals surface area contributed by atoms with Crippen LogP contribution in [0, 0.1) is 6.92 Å². The molecule has 0 amide bonds. The highest BCUT2D eigenvalue weighted by molar-refractivity contribution is 8.01. The molecule has 0 radical (unpaired) electrons. The number of nitrogens with one attached hydrogen (secondary N) is 1. The normalized spacial score (nSPS) is 10.9. The van der Waals surface area contributed by atoms with E-state index in [4.69, 9.17) is 16.3 Å². The molecule has 0 atom stereocenters. The molecule has 7 heteroatoms. The summed E-state index contributed by atoms with van der Waals surface area (Å²) in [6.07, 6.45) is 0. The molecule has 1 aromatic heterocycles. The van der Waals surface area contributed by atoms with Gasteiger partial charge in [-0.3, -0.25) is 0 Å². The molecule has 0 aliphatic heterocycles. The van der Waals surface area contributed by atoms with Crippen LogP contribution >= 0.6 is 34.7 Å². The Labute approximate surface area is 131 Å². The van der Waals surface area contributed by atoms with Crippen molar-refractivity contribution in [3.63, 3.8) is 0 Å². The highest BCUT2D eigenvalue weighted by Crippen LogP contribution is 2.34. The third-order valence-corrected chi connectivity index (χ3v) is 4.76. The minimum absolute atomic E-state index is 0.700. The van der Waals surface area contributed by atoms with E-state index in [0.29, 0.717) is 6.61 Å². The quantitative estimate of drug-likeness (QED) is 0.789. The zero-order valence-corrected chi connectivity index (χ0v) is 13.7. The van der Waals surface area contributed by atoms with Crippen molar-refractivity contribution in [2.24, 2.45) is 0 Å². The Hall–Kier alpha value is -0.660. The van der Waals surface area contributed by atoms with E-state index < -0.39 is 0 Å². The monoisotopic (exact) mass is 329 g/mol. The van der Waals surface area contributed by atoms with Crippen molar-refractivity contribution < 1.29 is 4.74 Å². The van der Waals surface area contributed by atoms with Crippen LogP contribution in [0.3, 0.4) is 0 Å². The van der Waals surface area contributed by atoms with Crippen molar-refractivity contribution in [1.29, 1.82) is 0 Å². The third kappa shape index (κ3) is 4.71. The summed E-state index contributed by atoms with van der Waals surface area (Å²) in [5, 5.41) is 13.2. The van der Waals surface area contributed by atoms with Gasteiger partial charge in [0.2, 0.25) is 0 Å². The Morgan fingerprint density at radius 1 is 1.40 bits per heavy atom. The Morgan fingerprint density at radius 2 is 2.25 bits per heavy atom. The Kier molecular flexibility index (Phi) is 6.25. The van der Waals surface area contributed by atoms with E-state index in [-0.39, 0.29) is 0 Å². The highest BCUT2D eigenvalue weighted by Gasteiger charge is 2.09. The van der Waals surface area contributed by atoms with Crippen molar-refractivity contribution in [3.8, 4) is 0 Å². The molecule has 0 unspecified atom stereocenters. The third-order valence-electron chi connectivity index (χ3n) is 2.53. The van der Waals surface area contributed by atoms with Crippen LogP contribution in [0.15, 0.2) is 27.4 Å². The largest absolute Gasteiger partial charge is 0.383 e. The molecule has 4 nitrogen and oxygen atoms in total. The first-order chi connectivity index (χ1) is 9.69. The summed E-state index contributed by atoms with van der Waals surface area (Å²) in [5.74, 6) is 0. The molecule has 0 saturated heterocycles. The maximum absolute atomic E-state index is 6.09. The summed E-state index contributed by atoms with van der Waals surface area (Å²) >= 11 is 9.27. The molecule has 1 heterocycles. The molecular weight excluding hydrogens is 314 g/mol. The number of aromatic nitrogens is 2. The molecular formula is C13H16ClN3OS2. The van der Waals surface area contributed by atoms with Gasteiger partial charge in [0.25, 0.3) is 0 Å². The second-order valence-corrected chi connectivity index (χ2v) is 7.02. The standard InChI is InChI=1S/C13H16ClN3OS2/c1-9-16-17-13(19-9)20-12-7-11(14)4-3-10(12)8-15-5-6-18-2/h3-4,7,15H,5-6,8H2,1-2H3. The smallest absolute Gasteiger partial charge is 0.179 e. The van der Waals surface area contributed by atoms with E-state index in [1.54, 1.807) is 30.2 Å². The molecule has 0 saturated carbocycles. The molecule has 0 aliphatic carbocycles. The lowest BCUT2D eigenvalue weighted by atomic mass is 10.2. The predicted molar refractivity (Wildman–Crippen MR) is 83.8 cm³/mol. The molecule has 108 valence electrons. The van der Waals surface area contributed by atoms with Crippen LogP contribution in [0.25, 0.3) is 0 Å². The van der Waals surface area contributed by atoms with Gasteiger partial charge < -0.3 is 10.1 Å². The van der Waals surface area contributed by atoms with Gasteiger partial charge >= 0.3 is 0 Å². The average Bonchev–Trinajstić information content (AvgIpc) is 2.82. The Bertz CT molecular complexity index is 562. The van der Waals surface area contributed by atoms with E-state index >= 15 is 0 Å². The highest BCUT2D eigenvalue weighted by atomic mass is 35.5. The van der Waals surface area contributed by atoms with Crippen molar-refractivity contribution in [2.75, 3.05) is 20.3 Å². The zero-order valence-electron chi connectivity index (χ0n) is 11.4. The molecule has 0 fully saturated rings. The predicted octanol–water partition coefficient (Wildman–Crippen LogP) is 3.39. The van der Waals surface area contributed by atoms with Crippen molar-refractivity contribution >= 4 is 34.7 Å². The fraction of sp³-hybridized carbons (Fsp3) is 0.385. The first kappa shape index (κ1) is 15.7. The number of hydrogen-bond donors (Lipinski definition) is 1. The molecule has 0 spiro atoms. The molecule has 2 rings (SSSR count). The van der Waals surface area contributed by atoms with E-state index in [2.05, 4.69) is 15.5 Å². The number of rotatable bonds is 7. The van der Waals surface area contributed by atoms with Gasteiger partial charge in [-0.2, -0.15) is 0 Å². The van der Waals surface area contributed by atoms with Crippen molar-refractivity contribution in [3.05, 3.63) is 33.8 Å². The molecule has 0 bridgehead atoms. The second kappa shape index (κ2) is 7.95. The summed E-state index contributed by atoms with van der Waals surface area (Å²) in [6.45, 7) is 4.25. The SMILES string of the molecule is COCCNCc1ccc(Cl)cc1Sc1nnc(C)s1. The van der Waals surface area contributed by atoms with Gasteiger partial charge in [-0.15, -0.1) is 10.2 Å². The van der Waals surface area contributed by atoms with Gasteiger partial charge in [-0.25, -0.2) is 0 Å². The lowest BCUT2D eigenvalue weighted by Gasteiger charge is -2.09. The summed E-state index contributed by atoms with van der Waals surface area (Å²) in [7, 11) is 1.70. The number of halogens is 1.